The Morgan fingerprint density at radius 1 is 0.882 bits per heavy atom. The van der Waals surface area contributed by atoms with Gasteiger partial charge in [-0.25, -0.2) is 0 Å². The van der Waals surface area contributed by atoms with Gasteiger partial charge in [-0.3, -0.25) is 0 Å². The zero-order chi connectivity index (χ0) is 12.3. The van der Waals surface area contributed by atoms with Crippen molar-refractivity contribution in [1.82, 2.24) is 0 Å². The SMILES string of the molecule is ClCc1ccc(Oc2ccc(Cl)cc2)cc1Cl. The Balaban J connectivity index is 2.19. The van der Waals surface area contributed by atoms with Crippen molar-refractivity contribution in [1.29, 1.82) is 0 Å². The number of benzene rings is 2. The minimum Gasteiger partial charge on any atom is -0.457 e. The molecule has 0 aliphatic rings. The first kappa shape index (κ1) is 12.6. The third kappa shape index (κ3) is 3.29. The molecule has 0 heterocycles. The standard InChI is InChI=1S/C13H9Cl3O/c14-8-9-1-4-12(7-13(9)16)17-11-5-2-10(15)3-6-11/h1-7H,8H2. The third-order valence-corrected chi connectivity index (χ3v) is 3.11. The van der Waals surface area contributed by atoms with Crippen LogP contribution in [0.15, 0.2) is 42.5 Å². The van der Waals surface area contributed by atoms with Crippen molar-refractivity contribution in [2.24, 2.45) is 0 Å². The smallest absolute Gasteiger partial charge is 0.128 e. The summed E-state index contributed by atoms with van der Waals surface area (Å²) in [6.45, 7) is 0. The lowest BCUT2D eigenvalue weighted by molar-refractivity contribution is 0.482. The van der Waals surface area contributed by atoms with Gasteiger partial charge in [0.2, 0.25) is 0 Å². The number of alkyl halides is 1. The lowest BCUT2D eigenvalue weighted by Gasteiger charge is -2.07. The zero-order valence-corrected chi connectivity index (χ0v) is 11.1. The van der Waals surface area contributed by atoms with Gasteiger partial charge in [0.25, 0.3) is 0 Å². The molecule has 0 amide bonds. The van der Waals surface area contributed by atoms with Crippen LogP contribution in [0.25, 0.3) is 0 Å². The van der Waals surface area contributed by atoms with E-state index in [0.717, 1.165) is 5.56 Å². The van der Waals surface area contributed by atoms with E-state index in [-0.39, 0.29) is 0 Å². The predicted molar refractivity (Wildman–Crippen MR) is 72.5 cm³/mol. The molecule has 0 radical (unpaired) electrons. The maximum Gasteiger partial charge on any atom is 0.128 e. The molecule has 88 valence electrons. The summed E-state index contributed by atoms with van der Waals surface area (Å²) < 4.78 is 5.63. The number of halogens is 3. The molecule has 2 rings (SSSR count). The normalized spacial score (nSPS) is 10.3. The van der Waals surface area contributed by atoms with E-state index < -0.39 is 0 Å². The first-order valence-corrected chi connectivity index (χ1v) is 6.26. The molecule has 0 saturated carbocycles. The van der Waals surface area contributed by atoms with Crippen molar-refractivity contribution in [2.75, 3.05) is 0 Å². The Bertz CT molecular complexity index is 509. The maximum atomic E-state index is 6.04. The van der Waals surface area contributed by atoms with Crippen molar-refractivity contribution in [3.05, 3.63) is 58.1 Å². The highest BCUT2D eigenvalue weighted by Crippen LogP contribution is 2.28. The molecule has 0 aliphatic heterocycles. The molecule has 4 heteroatoms. The summed E-state index contributed by atoms with van der Waals surface area (Å²) in [5.41, 5.74) is 0.886. The van der Waals surface area contributed by atoms with Gasteiger partial charge < -0.3 is 4.74 Å². The Hall–Kier alpha value is -0.890. The summed E-state index contributed by atoms with van der Waals surface area (Å²) in [4.78, 5) is 0. The molecule has 0 aliphatic carbocycles. The molecule has 0 N–H and O–H groups in total. The second-order valence-corrected chi connectivity index (χ2v) is 4.55. The average molecular weight is 288 g/mol. The van der Waals surface area contributed by atoms with E-state index in [0.29, 0.717) is 27.4 Å². The fourth-order valence-corrected chi connectivity index (χ4v) is 2.00. The van der Waals surface area contributed by atoms with Gasteiger partial charge in [0, 0.05) is 15.9 Å². The first-order valence-electron chi connectivity index (χ1n) is 4.97. The number of hydrogen-bond acceptors (Lipinski definition) is 1. The summed E-state index contributed by atoms with van der Waals surface area (Å²) in [7, 11) is 0. The topological polar surface area (TPSA) is 9.23 Å². The monoisotopic (exact) mass is 286 g/mol. The molecule has 1 nitrogen and oxygen atoms in total. The quantitative estimate of drug-likeness (QED) is 0.675. The van der Waals surface area contributed by atoms with Crippen LogP contribution < -0.4 is 4.74 Å². The summed E-state index contributed by atoms with van der Waals surface area (Å²) in [6.07, 6.45) is 0. The molecule has 0 spiro atoms. The van der Waals surface area contributed by atoms with E-state index in [1.165, 1.54) is 0 Å². The molecule has 2 aromatic rings. The van der Waals surface area contributed by atoms with Crippen molar-refractivity contribution in [3.63, 3.8) is 0 Å². The van der Waals surface area contributed by atoms with Crippen LogP contribution in [0.4, 0.5) is 0 Å². The molecule has 0 fully saturated rings. The van der Waals surface area contributed by atoms with Gasteiger partial charge in [-0.05, 0) is 42.0 Å². The minimum absolute atomic E-state index is 0.389. The molecule has 17 heavy (non-hydrogen) atoms. The second-order valence-electron chi connectivity index (χ2n) is 3.44. The van der Waals surface area contributed by atoms with Gasteiger partial charge in [-0.2, -0.15) is 0 Å². The highest BCUT2D eigenvalue weighted by molar-refractivity contribution is 6.32. The Labute approximate surface area is 115 Å². The highest BCUT2D eigenvalue weighted by atomic mass is 35.5. The average Bonchev–Trinajstić information content (AvgIpc) is 2.32. The molecule has 0 aromatic heterocycles. The fourth-order valence-electron chi connectivity index (χ4n) is 1.34. The second kappa shape index (κ2) is 5.63. The minimum atomic E-state index is 0.389. The van der Waals surface area contributed by atoms with Gasteiger partial charge in [0.05, 0.1) is 0 Å². The van der Waals surface area contributed by atoms with Crippen LogP contribution in [-0.4, -0.2) is 0 Å². The summed E-state index contributed by atoms with van der Waals surface area (Å²) in [5, 5.41) is 1.28. The van der Waals surface area contributed by atoms with E-state index in [9.17, 15) is 0 Å². The zero-order valence-electron chi connectivity index (χ0n) is 8.79. The molecule has 0 unspecified atom stereocenters. The predicted octanol–water partition coefficient (Wildman–Crippen LogP) is 5.52. The number of hydrogen-bond donors (Lipinski definition) is 0. The Kier molecular flexibility index (Phi) is 4.16. The largest absolute Gasteiger partial charge is 0.457 e. The van der Waals surface area contributed by atoms with Gasteiger partial charge in [-0.15, -0.1) is 11.6 Å². The van der Waals surface area contributed by atoms with Gasteiger partial charge >= 0.3 is 0 Å². The van der Waals surface area contributed by atoms with Crippen molar-refractivity contribution < 1.29 is 4.74 Å². The van der Waals surface area contributed by atoms with Crippen molar-refractivity contribution in [3.8, 4) is 11.5 Å². The van der Waals surface area contributed by atoms with Crippen LogP contribution in [0.3, 0.4) is 0 Å². The van der Waals surface area contributed by atoms with E-state index in [2.05, 4.69) is 0 Å². The molecule has 0 atom stereocenters. The molecular weight excluding hydrogens is 279 g/mol. The van der Waals surface area contributed by atoms with Crippen molar-refractivity contribution >= 4 is 34.8 Å². The van der Waals surface area contributed by atoms with E-state index in [4.69, 9.17) is 39.5 Å². The van der Waals surface area contributed by atoms with Crippen molar-refractivity contribution in [2.45, 2.75) is 5.88 Å². The Morgan fingerprint density at radius 3 is 2.12 bits per heavy atom. The first-order chi connectivity index (χ1) is 8.19. The lowest BCUT2D eigenvalue weighted by atomic mass is 10.2. The van der Waals surface area contributed by atoms with Crippen LogP contribution in [-0.2, 0) is 5.88 Å². The van der Waals surface area contributed by atoms with Crippen LogP contribution >= 0.6 is 34.8 Å². The number of ether oxygens (including phenoxy) is 1. The fraction of sp³-hybridized carbons (Fsp3) is 0.0769. The van der Waals surface area contributed by atoms with Gasteiger partial charge in [0.1, 0.15) is 11.5 Å². The van der Waals surface area contributed by atoms with Gasteiger partial charge in [0.15, 0.2) is 0 Å². The summed E-state index contributed by atoms with van der Waals surface area (Å²) >= 11 is 17.5. The van der Waals surface area contributed by atoms with Crippen LogP contribution in [0, 0.1) is 0 Å². The van der Waals surface area contributed by atoms with Crippen LogP contribution in [0.2, 0.25) is 10.0 Å². The van der Waals surface area contributed by atoms with Gasteiger partial charge in [-0.1, -0.05) is 29.3 Å². The van der Waals surface area contributed by atoms with Crippen LogP contribution in [0.5, 0.6) is 11.5 Å². The summed E-state index contributed by atoms with van der Waals surface area (Å²) in [5.74, 6) is 1.77. The molecule has 2 aromatic carbocycles. The lowest BCUT2D eigenvalue weighted by Crippen LogP contribution is -1.86. The Morgan fingerprint density at radius 2 is 1.53 bits per heavy atom. The third-order valence-electron chi connectivity index (χ3n) is 2.22. The van der Waals surface area contributed by atoms with E-state index in [1.807, 2.05) is 12.1 Å². The van der Waals surface area contributed by atoms with Crippen LogP contribution in [0.1, 0.15) is 5.56 Å². The molecule has 0 saturated heterocycles. The highest BCUT2D eigenvalue weighted by Gasteiger charge is 2.02. The van der Waals surface area contributed by atoms with E-state index in [1.54, 1.807) is 30.3 Å². The molecule has 0 bridgehead atoms. The summed E-state index contributed by atoms with van der Waals surface area (Å²) in [6, 6.07) is 12.6. The van der Waals surface area contributed by atoms with E-state index >= 15 is 0 Å². The molecular formula is C13H9Cl3O. The number of rotatable bonds is 3. The maximum absolute atomic E-state index is 6.04.